The summed E-state index contributed by atoms with van der Waals surface area (Å²) in [6.45, 7) is 11.7. The SMILES string of the molecule is CC1CN(Cc2ccccc2)CC(CF)N1Cc1ccccc1.CC1CN(Cc2ccccc2)CC(CO)N1Cc1ccccc1. The summed E-state index contributed by atoms with van der Waals surface area (Å²) in [6, 6.07) is 42.9. The third kappa shape index (κ3) is 9.81. The number of piperazine rings is 2. The fourth-order valence-corrected chi connectivity index (χ4v) is 7.03. The van der Waals surface area contributed by atoms with Crippen molar-refractivity contribution >= 4 is 0 Å². The Balaban J connectivity index is 0.000000181. The summed E-state index contributed by atoms with van der Waals surface area (Å²) in [5.74, 6) is 0. The van der Waals surface area contributed by atoms with Crippen LogP contribution in [0.25, 0.3) is 0 Å². The van der Waals surface area contributed by atoms with Gasteiger partial charge in [0.05, 0.1) is 12.6 Å². The van der Waals surface area contributed by atoms with Gasteiger partial charge in [-0.25, -0.2) is 4.39 Å². The van der Waals surface area contributed by atoms with E-state index in [1.54, 1.807) is 0 Å². The molecule has 0 aromatic heterocycles. The number of hydrogen-bond donors (Lipinski definition) is 1. The molecular weight excluding hydrogens is 571 g/mol. The molecule has 0 amide bonds. The summed E-state index contributed by atoms with van der Waals surface area (Å²) in [4.78, 5) is 9.60. The molecule has 6 rings (SSSR count). The van der Waals surface area contributed by atoms with Crippen molar-refractivity contribution in [2.45, 2.75) is 64.2 Å². The average molecular weight is 623 g/mol. The van der Waals surface area contributed by atoms with Crippen LogP contribution in [0.3, 0.4) is 0 Å². The molecule has 5 nitrogen and oxygen atoms in total. The lowest BCUT2D eigenvalue weighted by Gasteiger charge is -2.45. The highest BCUT2D eigenvalue weighted by Crippen LogP contribution is 2.22. The van der Waals surface area contributed by atoms with E-state index in [2.05, 4.69) is 137 Å². The van der Waals surface area contributed by atoms with Crippen LogP contribution in [0.15, 0.2) is 121 Å². The van der Waals surface area contributed by atoms with Gasteiger partial charge in [0.25, 0.3) is 0 Å². The average Bonchev–Trinajstić information content (AvgIpc) is 3.09. The number of nitrogens with zero attached hydrogens (tertiary/aromatic N) is 4. The third-order valence-corrected chi connectivity index (χ3v) is 9.36. The first-order valence-corrected chi connectivity index (χ1v) is 16.8. The molecule has 0 radical (unpaired) electrons. The minimum Gasteiger partial charge on any atom is -0.395 e. The van der Waals surface area contributed by atoms with E-state index < -0.39 is 0 Å². The second-order valence-electron chi connectivity index (χ2n) is 13.0. The molecule has 2 heterocycles. The van der Waals surface area contributed by atoms with Crippen LogP contribution in [0.5, 0.6) is 0 Å². The number of hydrogen-bond acceptors (Lipinski definition) is 5. The summed E-state index contributed by atoms with van der Waals surface area (Å²) in [5.41, 5.74) is 5.21. The minimum atomic E-state index is -0.289. The van der Waals surface area contributed by atoms with Crippen LogP contribution >= 0.6 is 0 Å². The molecule has 0 aliphatic carbocycles. The molecule has 46 heavy (non-hydrogen) atoms. The second-order valence-corrected chi connectivity index (χ2v) is 13.0. The first-order valence-electron chi connectivity index (χ1n) is 16.8. The van der Waals surface area contributed by atoms with Crippen molar-refractivity contribution in [3.63, 3.8) is 0 Å². The normalized spacial score (nSPS) is 23.0. The van der Waals surface area contributed by atoms with Gasteiger partial charge in [0.15, 0.2) is 0 Å². The van der Waals surface area contributed by atoms with Gasteiger partial charge in [-0.3, -0.25) is 19.6 Å². The van der Waals surface area contributed by atoms with Gasteiger partial charge in [0.1, 0.15) is 6.67 Å². The largest absolute Gasteiger partial charge is 0.395 e. The standard InChI is InChI=1S/C20H25FN2.C20H26N2O/c1-17-13-22(14-18-8-4-2-5-9-18)16-20(12-21)23(17)15-19-10-6-3-7-11-19;1-17-12-21(13-18-8-4-2-5-9-18)15-20(16-23)22(17)14-19-10-6-3-7-11-19/h2-11,17,20H,12-16H2,1H3;2-11,17,20,23H,12-16H2,1H3. The van der Waals surface area contributed by atoms with E-state index in [0.717, 1.165) is 52.4 Å². The van der Waals surface area contributed by atoms with Gasteiger partial charge >= 0.3 is 0 Å². The Bertz CT molecular complexity index is 1290. The predicted octanol–water partition coefficient (Wildman–Crippen LogP) is 6.48. The quantitative estimate of drug-likeness (QED) is 0.219. The Morgan fingerprint density at radius 1 is 0.500 bits per heavy atom. The highest BCUT2D eigenvalue weighted by atomic mass is 19.1. The molecular formula is C40H51FN4O. The minimum absolute atomic E-state index is 0.0253. The van der Waals surface area contributed by atoms with Crippen molar-refractivity contribution in [2.24, 2.45) is 0 Å². The molecule has 0 spiro atoms. The van der Waals surface area contributed by atoms with E-state index >= 15 is 0 Å². The van der Waals surface area contributed by atoms with Crippen molar-refractivity contribution in [3.05, 3.63) is 144 Å². The Labute approximate surface area is 275 Å². The Morgan fingerprint density at radius 3 is 1.17 bits per heavy atom. The number of aliphatic hydroxyl groups excluding tert-OH is 1. The summed E-state index contributed by atoms with van der Waals surface area (Å²) in [5, 5.41) is 9.87. The predicted molar refractivity (Wildman–Crippen MR) is 187 cm³/mol. The van der Waals surface area contributed by atoms with Crippen molar-refractivity contribution in [1.29, 1.82) is 0 Å². The fraction of sp³-hybridized carbons (Fsp3) is 0.400. The molecule has 4 atom stereocenters. The van der Waals surface area contributed by atoms with E-state index in [4.69, 9.17) is 0 Å². The molecule has 4 aromatic carbocycles. The Hall–Kier alpha value is -3.39. The summed E-state index contributed by atoms with van der Waals surface area (Å²) < 4.78 is 13.6. The number of alkyl halides is 1. The van der Waals surface area contributed by atoms with E-state index in [1.807, 2.05) is 18.2 Å². The number of benzene rings is 4. The van der Waals surface area contributed by atoms with Crippen molar-refractivity contribution in [2.75, 3.05) is 39.5 Å². The molecule has 4 unspecified atom stereocenters. The van der Waals surface area contributed by atoms with Gasteiger partial charge in [0.2, 0.25) is 0 Å². The topological polar surface area (TPSA) is 33.2 Å². The molecule has 1 N–H and O–H groups in total. The molecule has 2 saturated heterocycles. The first-order chi connectivity index (χ1) is 22.5. The van der Waals surface area contributed by atoms with Crippen molar-refractivity contribution in [3.8, 4) is 0 Å². The van der Waals surface area contributed by atoms with Crippen LogP contribution in [0.1, 0.15) is 36.1 Å². The molecule has 0 bridgehead atoms. The monoisotopic (exact) mass is 622 g/mol. The van der Waals surface area contributed by atoms with Gasteiger partial charge in [-0.2, -0.15) is 0 Å². The first kappa shape index (κ1) is 34.0. The summed E-state index contributed by atoms with van der Waals surface area (Å²) in [6.07, 6.45) is 0. The molecule has 4 aromatic rings. The van der Waals surface area contributed by atoms with Crippen LogP contribution in [-0.4, -0.2) is 88.3 Å². The summed E-state index contributed by atoms with van der Waals surface area (Å²) in [7, 11) is 0. The van der Waals surface area contributed by atoms with Crippen LogP contribution in [-0.2, 0) is 26.2 Å². The second kappa shape index (κ2) is 17.5. The third-order valence-electron chi connectivity index (χ3n) is 9.36. The molecule has 0 saturated carbocycles. The van der Waals surface area contributed by atoms with E-state index in [9.17, 15) is 9.50 Å². The molecule has 6 heteroatoms. The number of rotatable bonds is 10. The molecule has 244 valence electrons. The van der Waals surface area contributed by atoms with E-state index in [0.29, 0.717) is 12.1 Å². The molecule has 2 aliphatic heterocycles. The van der Waals surface area contributed by atoms with Crippen molar-refractivity contribution < 1.29 is 9.50 Å². The van der Waals surface area contributed by atoms with Gasteiger partial charge in [-0.1, -0.05) is 121 Å². The van der Waals surface area contributed by atoms with Crippen LogP contribution < -0.4 is 0 Å². The van der Waals surface area contributed by atoms with Gasteiger partial charge < -0.3 is 5.11 Å². The zero-order valence-corrected chi connectivity index (χ0v) is 27.5. The lowest BCUT2D eigenvalue weighted by atomic mass is 10.0. The fourth-order valence-electron chi connectivity index (χ4n) is 7.03. The molecule has 2 aliphatic rings. The lowest BCUT2D eigenvalue weighted by Crippen LogP contribution is -2.58. The number of halogens is 1. The Kier molecular flexibility index (Phi) is 12.9. The highest BCUT2D eigenvalue weighted by molar-refractivity contribution is 5.18. The Morgan fingerprint density at radius 2 is 0.826 bits per heavy atom. The maximum Gasteiger partial charge on any atom is 0.106 e. The maximum atomic E-state index is 13.6. The maximum absolute atomic E-state index is 13.6. The smallest absolute Gasteiger partial charge is 0.106 e. The zero-order chi connectivity index (χ0) is 32.1. The number of aliphatic hydroxyl groups is 1. The van der Waals surface area contributed by atoms with Crippen molar-refractivity contribution in [1.82, 2.24) is 19.6 Å². The molecule has 2 fully saturated rings. The van der Waals surface area contributed by atoms with E-state index in [1.165, 1.54) is 22.3 Å². The van der Waals surface area contributed by atoms with Crippen LogP contribution in [0, 0.1) is 0 Å². The van der Waals surface area contributed by atoms with Crippen LogP contribution in [0.2, 0.25) is 0 Å². The lowest BCUT2D eigenvalue weighted by molar-refractivity contribution is -0.00429. The summed E-state index contributed by atoms with van der Waals surface area (Å²) >= 11 is 0. The van der Waals surface area contributed by atoms with Crippen LogP contribution in [0.4, 0.5) is 4.39 Å². The van der Waals surface area contributed by atoms with Gasteiger partial charge in [-0.05, 0) is 36.1 Å². The zero-order valence-electron chi connectivity index (χ0n) is 27.5. The highest BCUT2D eigenvalue weighted by Gasteiger charge is 2.33. The van der Waals surface area contributed by atoms with Gasteiger partial charge in [-0.15, -0.1) is 0 Å². The van der Waals surface area contributed by atoms with Gasteiger partial charge in [0, 0.05) is 70.5 Å². The van der Waals surface area contributed by atoms with E-state index in [-0.39, 0.29) is 25.4 Å².